The molecule has 0 saturated carbocycles. The van der Waals surface area contributed by atoms with Gasteiger partial charge in [-0.2, -0.15) is 0 Å². The largest absolute Gasteiger partial charge is 0.496 e. The lowest BCUT2D eigenvalue weighted by atomic mass is 9.83. The van der Waals surface area contributed by atoms with E-state index >= 15 is 0 Å². The van der Waals surface area contributed by atoms with Crippen LogP contribution in [0.1, 0.15) is 12.5 Å². The van der Waals surface area contributed by atoms with Crippen LogP contribution < -0.4 is 20.3 Å². The van der Waals surface area contributed by atoms with Gasteiger partial charge in [-0.05, 0) is 41.0 Å². The SMILES string of the molecule is CCc1cc2c(=O)c3cccc(OC)c3c3c4cccc5c(=O)c6cccc(OC)c6c(c(c1)c23)c54. The second-order valence-electron chi connectivity index (χ2n) is 9.32. The van der Waals surface area contributed by atoms with Crippen LogP contribution in [0, 0.1) is 0 Å². The van der Waals surface area contributed by atoms with E-state index in [1.54, 1.807) is 14.2 Å². The van der Waals surface area contributed by atoms with E-state index in [9.17, 15) is 9.59 Å². The van der Waals surface area contributed by atoms with Crippen molar-refractivity contribution in [2.75, 3.05) is 14.2 Å². The van der Waals surface area contributed by atoms with E-state index in [2.05, 4.69) is 13.0 Å². The lowest BCUT2D eigenvalue weighted by Gasteiger charge is -2.20. The van der Waals surface area contributed by atoms with Crippen LogP contribution in [0.3, 0.4) is 0 Å². The minimum atomic E-state index is -0.0208. The smallest absolute Gasteiger partial charge is 0.194 e. The standard InChI is InChI=1S/C32H22O4/c1-4-16-14-21-26-22(15-16)32(34)20-11-7-12-23(35-2)27(20)29(26)17-8-5-9-18-25(17)30(21)28-19(31(18)33)10-6-13-24(28)36-3/h5-15H,4H2,1-3H3. The van der Waals surface area contributed by atoms with Gasteiger partial charge in [-0.1, -0.05) is 55.5 Å². The molecule has 0 spiro atoms. The normalized spacial score (nSPS) is 12.1. The van der Waals surface area contributed by atoms with E-state index in [0.29, 0.717) is 33.0 Å². The number of hydrogen-bond acceptors (Lipinski definition) is 4. The van der Waals surface area contributed by atoms with E-state index in [0.717, 1.165) is 55.1 Å². The lowest BCUT2D eigenvalue weighted by Crippen LogP contribution is -2.08. The molecule has 36 heavy (non-hydrogen) atoms. The molecule has 0 aliphatic rings. The summed E-state index contributed by atoms with van der Waals surface area (Å²) in [6.45, 7) is 2.09. The summed E-state index contributed by atoms with van der Waals surface area (Å²) in [6.07, 6.45) is 0.785. The zero-order valence-corrected chi connectivity index (χ0v) is 20.2. The number of hydrogen-bond donors (Lipinski definition) is 0. The molecule has 0 unspecified atom stereocenters. The molecule has 174 valence electrons. The minimum absolute atomic E-state index is 0.00783. The Kier molecular flexibility index (Phi) is 4.23. The van der Waals surface area contributed by atoms with E-state index in [4.69, 9.17) is 9.47 Å². The predicted molar refractivity (Wildman–Crippen MR) is 149 cm³/mol. The second-order valence-corrected chi connectivity index (χ2v) is 9.32. The van der Waals surface area contributed by atoms with Crippen LogP contribution in [0.5, 0.6) is 11.5 Å². The Hall–Kier alpha value is -4.44. The highest BCUT2D eigenvalue weighted by Crippen LogP contribution is 2.47. The van der Waals surface area contributed by atoms with Gasteiger partial charge < -0.3 is 9.47 Å². The summed E-state index contributed by atoms with van der Waals surface area (Å²) in [5, 5.41) is 9.77. The Morgan fingerprint density at radius 2 is 0.972 bits per heavy atom. The first-order valence-corrected chi connectivity index (χ1v) is 12.1. The van der Waals surface area contributed by atoms with E-state index in [-0.39, 0.29) is 10.9 Å². The third kappa shape index (κ3) is 2.43. The monoisotopic (exact) mass is 470 g/mol. The molecule has 7 rings (SSSR count). The summed E-state index contributed by atoms with van der Waals surface area (Å²) in [5.41, 5.74) is 1.05. The molecule has 0 heterocycles. The fourth-order valence-electron chi connectivity index (χ4n) is 6.15. The molecule has 0 radical (unpaired) electrons. The fraction of sp³-hybridized carbons (Fsp3) is 0.125. The van der Waals surface area contributed by atoms with Gasteiger partial charge in [-0.25, -0.2) is 0 Å². The lowest BCUT2D eigenvalue weighted by molar-refractivity contribution is 0.420. The maximum Gasteiger partial charge on any atom is 0.194 e. The van der Waals surface area contributed by atoms with Gasteiger partial charge in [0.25, 0.3) is 0 Å². The molecular formula is C32H22O4. The zero-order chi connectivity index (χ0) is 24.7. The number of benzene rings is 7. The molecule has 0 aromatic heterocycles. The molecule has 4 heteroatoms. The molecule has 7 aromatic carbocycles. The third-order valence-corrected chi connectivity index (χ3v) is 7.68. The Balaban J connectivity index is 2.00. The number of ether oxygens (including phenoxy) is 2. The highest BCUT2D eigenvalue weighted by atomic mass is 16.5. The van der Waals surface area contributed by atoms with Crippen LogP contribution in [-0.2, 0) is 6.42 Å². The zero-order valence-electron chi connectivity index (χ0n) is 20.2. The Morgan fingerprint density at radius 3 is 1.56 bits per heavy atom. The Morgan fingerprint density at radius 1 is 0.528 bits per heavy atom. The van der Waals surface area contributed by atoms with Gasteiger partial charge in [0.1, 0.15) is 11.5 Å². The summed E-state index contributed by atoms with van der Waals surface area (Å²) in [6, 6.07) is 21.3. The number of rotatable bonds is 3. The molecule has 0 N–H and O–H groups in total. The van der Waals surface area contributed by atoms with Crippen molar-refractivity contribution in [1.82, 2.24) is 0 Å². The van der Waals surface area contributed by atoms with Crippen molar-refractivity contribution in [2.45, 2.75) is 13.3 Å². The second kappa shape index (κ2) is 7.28. The van der Waals surface area contributed by atoms with Crippen molar-refractivity contribution in [3.8, 4) is 11.5 Å². The number of methoxy groups -OCH3 is 2. The predicted octanol–water partition coefficient (Wildman–Crippen LogP) is 6.78. The average Bonchev–Trinajstić information content (AvgIpc) is 2.93. The molecule has 0 amide bonds. The third-order valence-electron chi connectivity index (χ3n) is 7.68. The Bertz CT molecular complexity index is 2140. The quantitative estimate of drug-likeness (QED) is 0.211. The van der Waals surface area contributed by atoms with Crippen LogP contribution in [0.2, 0.25) is 0 Å². The summed E-state index contributed by atoms with van der Waals surface area (Å²) >= 11 is 0. The molecule has 0 bridgehead atoms. The van der Waals surface area contributed by atoms with Crippen molar-refractivity contribution in [3.63, 3.8) is 0 Å². The summed E-state index contributed by atoms with van der Waals surface area (Å²) in [4.78, 5) is 27.7. The van der Waals surface area contributed by atoms with Gasteiger partial charge >= 0.3 is 0 Å². The molecular weight excluding hydrogens is 448 g/mol. The molecule has 0 aliphatic heterocycles. The molecule has 0 saturated heterocycles. The molecule has 0 atom stereocenters. The highest BCUT2D eigenvalue weighted by molar-refractivity contribution is 6.42. The van der Waals surface area contributed by atoms with Gasteiger partial charge in [0.05, 0.1) is 14.2 Å². The first kappa shape index (κ1) is 20.9. The highest BCUT2D eigenvalue weighted by Gasteiger charge is 2.24. The van der Waals surface area contributed by atoms with Gasteiger partial charge in [0, 0.05) is 53.9 Å². The van der Waals surface area contributed by atoms with E-state index in [1.807, 2.05) is 60.7 Å². The number of aryl methyl sites for hydroxylation is 1. The Labute approximate surface area is 206 Å². The maximum atomic E-state index is 13.9. The molecule has 7 aromatic rings. The number of fused-ring (bicyclic) bond motifs is 6. The van der Waals surface area contributed by atoms with Crippen LogP contribution in [0.25, 0.3) is 64.6 Å². The summed E-state index contributed by atoms with van der Waals surface area (Å²) < 4.78 is 11.6. The summed E-state index contributed by atoms with van der Waals surface area (Å²) in [7, 11) is 3.26. The summed E-state index contributed by atoms with van der Waals surface area (Å²) in [5.74, 6) is 1.30. The van der Waals surface area contributed by atoms with Gasteiger partial charge in [-0.15, -0.1) is 0 Å². The first-order valence-electron chi connectivity index (χ1n) is 12.1. The van der Waals surface area contributed by atoms with Crippen LogP contribution in [-0.4, -0.2) is 14.2 Å². The maximum absolute atomic E-state index is 13.9. The minimum Gasteiger partial charge on any atom is -0.496 e. The van der Waals surface area contributed by atoms with Gasteiger partial charge in [0.15, 0.2) is 10.9 Å². The van der Waals surface area contributed by atoms with Crippen LogP contribution >= 0.6 is 0 Å². The van der Waals surface area contributed by atoms with Crippen LogP contribution in [0.15, 0.2) is 76.3 Å². The van der Waals surface area contributed by atoms with E-state index in [1.165, 1.54) is 0 Å². The first-order chi connectivity index (χ1) is 17.6. The van der Waals surface area contributed by atoms with Crippen molar-refractivity contribution in [3.05, 3.63) is 92.7 Å². The van der Waals surface area contributed by atoms with Gasteiger partial charge in [-0.3, -0.25) is 9.59 Å². The van der Waals surface area contributed by atoms with Crippen LogP contribution in [0.4, 0.5) is 0 Å². The van der Waals surface area contributed by atoms with Crippen molar-refractivity contribution in [1.29, 1.82) is 0 Å². The van der Waals surface area contributed by atoms with Gasteiger partial charge in [0.2, 0.25) is 0 Å². The van der Waals surface area contributed by atoms with E-state index < -0.39 is 0 Å². The van der Waals surface area contributed by atoms with Crippen molar-refractivity contribution >= 4 is 64.6 Å². The van der Waals surface area contributed by atoms with Crippen molar-refractivity contribution in [2.24, 2.45) is 0 Å². The molecule has 4 nitrogen and oxygen atoms in total. The molecule has 0 fully saturated rings. The molecule has 0 aliphatic carbocycles. The topological polar surface area (TPSA) is 52.6 Å². The van der Waals surface area contributed by atoms with Crippen molar-refractivity contribution < 1.29 is 9.47 Å². The fourth-order valence-corrected chi connectivity index (χ4v) is 6.15. The average molecular weight is 471 g/mol.